The standard InChI is InChI=1S/C19H22N4O3S/c1-12-9-16(26-21-12)19-17(20-22-27-19)13-6-4-8-23(10-13)11-14-5-3-7-15(25-2)18(14)24/h3,5,7,9,13,24H,4,6,8,10-11H2,1-2H3/t13-/m0/s1. The van der Waals surface area contributed by atoms with Gasteiger partial charge in [-0.15, -0.1) is 5.10 Å². The number of methoxy groups -OCH3 is 1. The van der Waals surface area contributed by atoms with E-state index in [0.29, 0.717) is 12.3 Å². The van der Waals surface area contributed by atoms with Crippen LogP contribution in [-0.4, -0.2) is 44.9 Å². The molecule has 7 nitrogen and oxygen atoms in total. The van der Waals surface area contributed by atoms with Crippen molar-refractivity contribution in [3.8, 4) is 22.1 Å². The van der Waals surface area contributed by atoms with Crippen LogP contribution in [0.4, 0.5) is 0 Å². The number of aromatic nitrogens is 3. The maximum atomic E-state index is 10.4. The summed E-state index contributed by atoms with van der Waals surface area (Å²) < 4.78 is 14.8. The minimum absolute atomic E-state index is 0.218. The molecule has 27 heavy (non-hydrogen) atoms. The van der Waals surface area contributed by atoms with E-state index >= 15 is 0 Å². The van der Waals surface area contributed by atoms with Crippen LogP contribution in [0.25, 0.3) is 10.6 Å². The second kappa shape index (κ2) is 7.66. The molecule has 3 heterocycles. The van der Waals surface area contributed by atoms with E-state index in [1.165, 1.54) is 11.5 Å². The van der Waals surface area contributed by atoms with Crippen molar-refractivity contribution in [3.63, 3.8) is 0 Å². The molecule has 3 aromatic rings. The molecule has 4 rings (SSSR count). The van der Waals surface area contributed by atoms with Crippen molar-refractivity contribution in [1.29, 1.82) is 0 Å². The SMILES string of the molecule is COc1cccc(CN2CCC[C@H](c3nnsc3-c3cc(C)no3)C2)c1O. The van der Waals surface area contributed by atoms with Gasteiger partial charge in [0.15, 0.2) is 17.3 Å². The number of phenols is 1. The zero-order valence-electron chi connectivity index (χ0n) is 15.4. The number of ether oxygens (including phenoxy) is 1. The first kappa shape index (κ1) is 17.9. The van der Waals surface area contributed by atoms with Gasteiger partial charge in [-0.05, 0) is 43.9 Å². The molecule has 0 radical (unpaired) electrons. The number of phenolic OH excluding ortho intramolecular Hbond substituents is 1. The van der Waals surface area contributed by atoms with Crippen molar-refractivity contribution in [2.24, 2.45) is 0 Å². The average molecular weight is 386 g/mol. The van der Waals surface area contributed by atoms with Gasteiger partial charge in [0.25, 0.3) is 0 Å². The molecule has 0 amide bonds. The molecule has 1 atom stereocenters. The molecule has 1 fully saturated rings. The molecule has 142 valence electrons. The molecule has 1 aliphatic rings. The normalized spacial score (nSPS) is 17.9. The second-order valence-corrected chi connectivity index (χ2v) is 7.62. The number of likely N-dealkylation sites (tertiary alicyclic amines) is 1. The number of benzene rings is 1. The third-order valence-corrected chi connectivity index (χ3v) is 5.71. The van der Waals surface area contributed by atoms with Gasteiger partial charge < -0.3 is 14.4 Å². The summed E-state index contributed by atoms with van der Waals surface area (Å²) in [6.07, 6.45) is 2.13. The predicted molar refractivity (Wildman–Crippen MR) is 102 cm³/mol. The van der Waals surface area contributed by atoms with E-state index in [1.807, 2.05) is 25.1 Å². The molecule has 8 heteroatoms. The fourth-order valence-electron chi connectivity index (χ4n) is 3.63. The highest BCUT2D eigenvalue weighted by molar-refractivity contribution is 7.09. The summed E-state index contributed by atoms with van der Waals surface area (Å²) in [5.74, 6) is 1.74. The number of aromatic hydroxyl groups is 1. The summed E-state index contributed by atoms with van der Waals surface area (Å²) in [6, 6.07) is 7.54. The van der Waals surface area contributed by atoms with Gasteiger partial charge in [0.2, 0.25) is 0 Å². The van der Waals surface area contributed by atoms with Crippen LogP contribution in [0, 0.1) is 6.92 Å². The molecule has 1 N–H and O–H groups in total. The minimum Gasteiger partial charge on any atom is -0.504 e. The molecule has 2 aromatic heterocycles. The summed E-state index contributed by atoms with van der Waals surface area (Å²) >= 11 is 1.35. The first-order valence-corrected chi connectivity index (χ1v) is 9.76. The number of aryl methyl sites for hydroxylation is 1. The lowest BCUT2D eigenvalue weighted by molar-refractivity contribution is 0.196. The van der Waals surface area contributed by atoms with Gasteiger partial charge in [-0.2, -0.15) is 0 Å². The van der Waals surface area contributed by atoms with Gasteiger partial charge in [0, 0.05) is 30.6 Å². The van der Waals surface area contributed by atoms with E-state index in [2.05, 4.69) is 19.6 Å². The van der Waals surface area contributed by atoms with Gasteiger partial charge in [0.1, 0.15) is 4.88 Å². The van der Waals surface area contributed by atoms with E-state index in [1.54, 1.807) is 13.2 Å². The summed E-state index contributed by atoms with van der Waals surface area (Å²) in [6.45, 7) is 4.43. The molecule has 1 aromatic carbocycles. The topological polar surface area (TPSA) is 84.5 Å². The maximum Gasteiger partial charge on any atom is 0.180 e. The zero-order chi connectivity index (χ0) is 18.8. The smallest absolute Gasteiger partial charge is 0.180 e. The van der Waals surface area contributed by atoms with Gasteiger partial charge in [-0.25, -0.2) is 0 Å². The fourth-order valence-corrected chi connectivity index (χ4v) is 4.33. The van der Waals surface area contributed by atoms with Crippen molar-refractivity contribution < 1.29 is 14.4 Å². The number of hydrogen-bond acceptors (Lipinski definition) is 8. The first-order chi connectivity index (χ1) is 13.2. The largest absolute Gasteiger partial charge is 0.504 e. The third-order valence-electron chi connectivity index (χ3n) is 4.95. The number of piperidine rings is 1. The molecular formula is C19H22N4O3S. The third kappa shape index (κ3) is 3.68. The van der Waals surface area contributed by atoms with Crippen LogP contribution in [0.2, 0.25) is 0 Å². The van der Waals surface area contributed by atoms with Crippen molar-refractivity contribution >= 4 is 11.5 Å². The van der Waals surface area contributed by atoms with Crippen molar-refractivity contribution in [2.75, 3.05) is 20.2 Å². The molecule has 0 unspecified atom stereocenters. The lowest BCUT2D eigenvalue weighted by Crippen LogP contribution is -2.34. The Kier molecular flexibility index (Phi) is 5.09. The van der Waals surface area contributed by atoms with Crippen LogP contribution in [0.3, 0.4) is 0 Å². The lowest BCUT2D eigenvalue weighted by atomic mass is 9.93. The summed E-state index contributed by atoms with van der Waals surface area (Å²) in [7, 11) is 1.57. The van der Waals surface area contributed by atoms with Gasteiger partial charge >= 0.3 is 0 Å². The van der Waals surface area contributed by atoms with E-state index in [4.69, 9.17) is 9.26 Å². The molecule has 0 aliphatic carbocycles. The predicted octanol–water partition coefficient (Wildman–Crippen LogP) is 3.60. The Hall–Kier alpha value is -2.45. The fraction of sp³-hybridized carbons (Fsp3) is 0.421. The molecular weight excluding hydrogens is 364 g/mol. The van der Waals surface area contributed by atoms with E-state index < -0.39 is 0 Å². The van der Waals surface area contributed by atoms with E-state index in [9.17, 15) is 5.11 Å². The second-order valence-electron chi connectivity index (χ2n) is 6.86. The first-order valence-electron chi connectivity index (χ1n) is 8.99. The Bertz CT molecular complexity index is 923. The summed E-state index contributed by atoms with van der Waals surface area (Å²) in [5.41, 5.74) is 2.70. The Labute approximate surface area is 161 Å². The molecule has 1 aliphatic heterocycles. The number of para-hydroxylation sites is 1. The maximum absolute atomic E-state index is 10.4. The highest BCUT2D eigenvalue weighted by Gasteiger charge is 2.28. The summed E-state index contributed by atoms with van der Waals surface area (Å²) in [4.78, 5) is 3.31. The minimum atomic E-state index is 0.218. The monoisotopic (exact) mass is 386 g/mol. The van der Waals surface area contributed by atoms with Gasteiger partial charge in [-0.1, -0.05) is 21.8 Å². The van der Waals surface area contributed by atoms with E-state index in [-0.39, 0.29) is 11.7 Å². The average Bonchev–Trinajstić information content (AvgIpc) is 3.32. The Morgan fingerprint density at radius 2 is 2.30 bits per heavy atom. The summed E-state index contributed by atoms with van der Waals surface area (Å²) in [5, 5.41) is 18.8. The van der Waals surface area contributed by atoms with Crippen molar-refractivity contribution in [3.05, 3.63) is 41.2 Å². The quantitative estimate of drug-likeness (QED) is 0.717. The Morgan fingerprint density at radius 3 is 3.07 bits per heavy atom. The number of rotatable bonds is 5. The molecule has 1 saturated heterocycles. The van der Waals surface area contributed by atoms with Crippen molar-refractivity contribution in [1.82, 2.24) is 19.6 Å². The van der Waals surface area contributed by atoms with Crippen molar-refractivity contribution in [2.45, 2.75) is 32.2 Å². The lowest BCUT2D eigenvalue weighted by Gasteiger charge is -2.32. The zero-order valence-corrected chi connectivity index (χ0v) is 16.2. The van der Waals surface area contributed by atoms with Gasteiger partial charge in [-0.3, -0.25) is 4.90 Å². The molecule has 0 saturated carbocycles. The molecule has 0 spiro atoms. The van der Waals surface area contributed by atoms with Crippen LogP contribution in [0.15, 0.2) is 28.8 Å². The number of hydrogen-bond donors (Lipinski definition) is 1. The Balaban J connectivity index is 1.52. The molecule has 0 bridgehead atoms. The van der Waals surface area contributed by atoms with E-state index in [0.717, 1.165) is 53.5 Å². The van der Waals surface area contributed by atoms with Crippen LogP contribution < -0.4 is 4.74 Å². The highest BCUT2D eigenvalue weighted by atomic mass is 32.1. The van der Waals surface area contributed by atoms with Crippen LogP contribution in [0.5, 0.6) is 11.5 Å². The highest BCUT2D eigenvalue weighted by Crippen LogP contribution is 2.37. The number of nitrogens with zero attached hydrogens (tertiary/aromatic N) is 4. The van der Waals surface area contributed by atoms with Gasteiger partial charge in [0.05, 0.1) is 18.5 Å². The van der Waals surface area contributed by atoms with Crippen LogP contribution in [-0.2, 0) is 6.54 Å². The van der Waals surface area contributed by atoms with Crippen LogP contribution in [0.1, 0.15) is 35.7 Å². The van der Waals surface area contributed by atoms with Crippen LogP contribution >= 0.6 is 11.5 Å². The Morgan fingerprint density at radius 1 is 1.41 bits per heavy atom.